The number of amides is 1. The first-order chi connectivity index (χ1) is 14.7. The fourth-order valence-corrected chi connectivity index (χ4v) is 4.06. The van der Waals surface area contributed by atoms with E-state index < -0.39 is 0 Å². The number of piperidine rings is 1. The Kier molecular flexibility index (Phi) is 4.74. The van der Waals surface area contributed by atoms with Gasteiger partial charge in [0.05, 0.1) is 23.3 Å². The molecule has 2 unspecified atom stereocenters. The molecule has 0 saturated carbocycles. The number of pyridine rings is 1. The van der Waals surface area contributed by atoms with Gasteiger partial charge in [0, 0.05) is 31.0 Å². The molecule has 152 valence electrons. The van der Waals surface area contributed by atoms with Crippen molar-refractivity contribution in [3.05, 3.63) is 61.0 Å². The molecule has 1 aliphatic rings. The summed E-state index contributed by atoms with van der Waals surface area (Å²) in [6.07, 6.45) is 6.98. The van der Waals surface area contributed by atoms with Crippen molar-refractivity contribution in [3.63, 3.8) is 0 Å². The van der Waals surface area contributed by atoms with Gasteiger partial charge in [-0.2, -0.15) is 4.98 Å². The van der Waals surface area contributed by atoms with E-state index in [0.29, 0.717) is 18.3 Å². The van der Waals surface area contributed by atoms with Gasteiger partial charge in [-0.25, -0.2) is 4.98 Å². The summed E-state index contributed by atoms with van der Waals surface area (Å²) in [5, 5.41) is 4.10. The molecule has 0 N–H and O–H groups in total. The first kappa shape index (κ1) is 18.5. The van der Waals surface area contributed by atoms with Crippen LogP contribution >= 0.6 is 0 Å². The van der Waals surface area contributed by atoms with Crippen LogP contribution < -0.4 is 0 Å². The van der Waals surface area contributed by atoms with E-state index >= 15 is 0 Å². The van der Waals surface area contributed by atoms with Crippen molar-refractivity contribution in [3.8, 4) is 11.4 Å². The predicted molar refractivity (Wildman–Crippen MR) is 111 cm³/mol. The second-order valence-electron chi connectivity index (χ2n) is 7.64. The van der Waals surface area contributed by atoms with Crippen LogP contribution in [0.3, 0.4) is 0 Å². The molecule has 4 aromatic rings. The van der Waals surface area contributed by atoms with Gasteiger partial charge in [0.25, 0.3) is 0 Å². The first-order valence-corrected chi connectivity index (χ1v) is 10.1. The van der Waals surface area contributed by atoms with Gasteiger partial charge in [0.1, 0.15) is 6.04 Å². The summed E-state index contributed by atoms with van der Waals surface area (Å²) in [5.74, 6) is 1.22. The average molecular weight is 402 g/mol. The molecule has 4 heterocycles. The highest BCUT2D eigenvalue weighted by molar-refractivity contribution is 5.83. The third kappa shape index (κ3) is 3.34. The first-order valence-electron chi connectivity index (χ1n) is 10.1. The number of nitrogens with zero attached hydrogens (tertiary/aromatic N) is 6. The van der Waals surface area contributed by atoms with Crippen LogP contribution in [0.25, 0.3) is 22.4 Å². The molecule has 8 nitrogen and oxygen atoms in total. The van der Waals surface area contributed by atoms with E-state index in [1.807, 2.05) is 52.8 Å². The number of rotatable bonds is 4. The number of hydrogen-bond acceptors (Lipinski definition) is 6. The summed E-state index contributed by atoms with van der Waals surface area (Å²) in [6.45, 7) is 3.23. The zero-order valence-electron chi connectivity index (χ0n) is 16.7. The Bertz CT molecular complexity index is 1170. The summed E-state index contributed by atoms with van der Waals surface area (Å²) in [5.41, 5.74) is 2.67. The molecule has 2 atom stereocenters. The Morgan fingerprint density at radius 1 is 1.23 bits per heavy atom. The van der Waals surface area contributed by atoms with E-state index in [-0.39, 0.29) is 17.9 Å². The van der Waals surface area contributed by atoms with Gasteiger partial charge in [-0.05, 0) is 44.0 Å². The second kappa shape index (κ2) is 7.70. The van der Waals surface area contributed by atoms with Gasteiger partial charge >= 0.3 is 0 Å². The van der Waals surface area contributed by atoms with Crippen molar-refractivity contribution in [1.82, 2.24) is 29.6 Å². The molecule has 0 bridgehead atoms. The van der Waals surface area contributed by atoms with Crippen molar-refractivity contribution >= 4 is 16.9 Å². The third-order valence-corrected chi connectivity index (χ3v) is 5.70. The summed E-state index contributed by atoms with van der Waals surface area (Å²) in [7, 11) is 0. The van der Waals surface area contributed by atoms with Crippen LogP contribution in [-0.4, -0.2) is 48.6 Å². The molecule has 3 aromatic heterocycles. The van der Waals surface area contributed by atoms with E-state index in [1.165, 1.54) is 0 Å². The van der Waals surface area contributed by atoms with Crippen molar-refractivity contribution in [2.24, 2.45) is 0 Å². The predicted octanol–water partition coefficient (Wildman–Crippen LogP) is 3.45. The second-order valence-corrected chi connectivity index (χ2v) is 7.64. The lowest BCUT2D eigenvalue weighted by Gasteiger charge is -2.33. The monoisotopic (exact) mass is 402 g/mol. The van der Waals surface area contributed by atoms with Gasteiger partial charge < -0.3 is 14.0 Å². The lowest BCUT2D eigenvalue weighted by molar-refractivity contribution is -0.135. The zero-order chi connectivity index (χ0) is 20.5. The highest BCUT2D eigenvalue weighted by Crippen LogP contribution is 2.29. The summed E-state index contributed by atoms with van der Waals surface area (Å²) >= 11 is 0. The molecule has 1 aliphatic heterocycles. The number of carbonyl (C=O) groups is 1. The molecule has 1 amide bonds. The van der Waals surface area contributed by atoms with Gasteiger partial charge in [-0.15, -0.1) is 0 Å². The lowest BCUT2D eigenvalue weighted by Crippen LogP contribution is -2.42. The van der Waals surface area contributed by atoms with E-state index in [2.05, 4.69) is 20.1 Å². The minimum absolute atomic E-state index is 0.0346. The minimum atomic E-state index is -0.329. The Labute approximate surface area is 173 Å². The molecule has 5 rings (SSSR count). The van der Waals surface area contributed by atoms with Crippen molar-refractivity contribution in [2.75, 3.05) is 13.1 Å². The topological polar surface area (TPSA) is 89.9 Å². The molecular formula is C22H22N6O2. The Morgan fingerprint density at radius 2 is 2.13 bits per heavy atom. The zero-order valence-corrected chi connectivity index (χ0v) is 16.7. The Hall–Kier alpha value is -3.55. The van der Waals surface area contributed by atoms with Crippen molar-refractivity contribution in [2.45, 2.75) is 31.7 Å². The minimum Gasteiger partial charge on any atom is -0.340 e. The normalized spacial score (nSPS) is 17.9. The number of para-hydroxylation sites is 2. The quantitative estimate of drug-likeness (QED) is 0.519. The largest absolute Gasteiger partial charge is 0.340 e. The van der Waals surface area contributed by atoms with Crippen LogP contribution in [0.5, 0.6) is 0 Å². The number of imidazole rings is 1. The maximum atomic E-state index is 13.2. The van der Waals surface area contributed by atoms with Gasteiger partial charge in [-0.1, -0.05) is 17.3 Å². The van der Waals surface area contributed by atoms with Gasteiger partial charge in [0.2, 0.25) is 17.6 Å². The Morgan fingerprint density at radius 3 is 3.00 bits per heavy atom. The van der Waals surface area contributed by atoms with E-state index in [0.717, 1.165) is 36.0 Å². The van der Waals surface area contributed by atoms with Crippen LogP contribution in [0.1, 0.15) is 37.6 Å². The van der Waals surface area contributed by atoms with Crippen molar-refractivity contribution < 1.29 is 9.32 Å². The molecule has 1 aromatic carbocycles. The maximum Gasteiger partial charge on any atom is 0.245 e. The van der Waals surface area contributed by atoms with Crippen LogP contribution in [0, 0.1) is 0 Å². The van der Waals surface area contributed by atoms with Crippen LogP contribution in [-0.2, 0) is 4.79 Å². The Balaban J connectivity index is 1.33. The summed E-state index contributed by atoms with van der Waals surface area (Å²) in [6, 6.07) is 11.3. The average Bonchev–Trinajstić information content (AvgIpc) is 3.46. The molecule has 1 fully saturated rings. The summed E-state index contributed by atoms with van der Waals surface area (Å²) in [4.78, 5) is 28.2. The van der Waals surface area contributed by atoms with Crippen LogP contribution in [0.2, 0.25) is 0 Å². The fourth-order valence-electron chi connectivity index (χ4n) is 4.06. The number of fused-ring (bicyclic) bond motifs is 1. The lowest BCUT2D eigenvalue weighted by atomic mass is 9.97. The van der Waals surface area contributed by atoms with Crippen LogP contribution in [0.4, 0.5) is 0 Å². The molecule has 30 heavy (non-hydrogen) atoms. The summed E-state index contributed by atoms with van der Waals surface area (Å²) < 4.78 is 7.47. The van der Waals surface area contributed by atoms with E-state index in [9.17, 15) is 4.79 Å². The number of aromatic nitrogens is 5. The molecule has 0 radical (unpaired) electrons. The van der Waals surface area contributed by atoms with E-state index in [4.69, 9.17) is 4.52 Å². The smallest absolute Gasteiger partial charge is 0.245 e. The van der Waals surface area contributed by atoms with Gasteiger partial charge in [-0.3, -0.25) is 9.78 Å². The van der Waals surface area contributed by atoms with Gasteiger partial charge in [0.15, 0.2) is 0 Å². The SMILES string of the molecule is CC(C(=O)N1CCCC(c2nc(-c3cccnc3)no2)C1)n1cnc2ccccc21. The highest BCUT2D eigenvalue weighted by atomic mass is 16.5. The van der Waals surface area contributed by atoms with Crippen molar-refractivity contribution in [1.29, 1.82) is 0 Å². The maximum absolute atomic E-state index is 13.2. The fraction of sp³-hybridized carbons (Fsp3) is 0.318. The highest BCUT2D eigenvalue weighted by Gasteiger charge is 2.31. The number of hydrogen-bond donors (Lipinski definition) is 0. The third-order valence-electron chi connectivity index (χ3n) is 5.70. The molecule has 0 aliphatic carbocycles. The molecular weight excluding hydrogens is 380 g/mol. The van der Waals surface area contributed by atoms with Crippen LogP contribution in [0.15, 0.2) is 59.6 Å². The molecule has 8 heteroatoms. The number of benzene rings is 1. The standard InChI is InChI=1S/C22H22N6O2/c1-15(28-14-24-18-8-2-3-9-19(18)28)22(29)27-11-5-7-17(13-27)21-25-20(26-30-21)16-6-4-10-23-12-16/h2-4,6,8-10,12,14-15,17H,5,7,11,13H2,1H3. The van der Waals surface area contributed by atoms with E-state index in [1.54, 1.807) is 18.7 Å². The molecule has 1 saturated heterocycles. The number of likely N-dealkylation sites (tertiary alicyclic amines) is 1. The molecule has 0 spiro atoms. The number of carbonyl (C=O) groups excluding carboxylic acids is 1.